The molecule has 1 unspecified atom stereocenters. The molecule has 1 aliphatic rings. The first kappa shape index (κ1) is 12.9. The lowest BCUT2D eigenvalue weighted by atomic mass is 9.89. The summed E-state index contributed by atoms with van der Waals surface area (Å²) in [5, 5.41) is 0. The van der Waals surface area contributed by atoms with Crippen LogP contribution < -0.4 is 0 Å². The van der Waals surface area contributed by atoms with E-state index in [0.717, 1.165) is 0 Å². The van der Waals surface area contributed by atoms with Crippen LogP contribution in [0.2, 0.25) is 0 Å². The summed E-state index contributed by atoms with van der Waals surface area (Å²) in [6.07, 6.45) is 5.19. The fourth-order valence-electron chi connectivity index (χ4n) is 2.93. The van der Waals surface area contributed by atoms with Crippen molar-refractivity contribution in [1.29, 1.82) is 0 Å². The quantitative estimate of drug-likeness (QED) is 0.655. The van der Waals surface area contributed by atoms with Gasteiger partial charge in [-0.05, 0) is 54.9 Å². The molecule has 0 N–H and O–H groups in total. The van der Waals surface area contributed by atoms with Crippen LogP contribution in [-0.2, 0) is 12.8 Å². The Morgan fingerprint density at radius 2 is 1.63 bits per heavy atom. The summed E-state index contributed by atoms with van der Waals surface area (Å²) in [5.41, 5.74) is 7.15. The van der Waals surface area contributed by atoms with Crippen LogP contribution in [0.3, 0.4) is 0 Å². The highest BCUT2D eigenvalue weighted by Gasteiger charge is 2.14. The summed E-state index contributed by atoms with van der Waals surface area (Å²) >= 11 is 3.86. The molecule has 2 aromatic rings. The number of aryl methyl sites for hydroxylation is 3. The van der Waals surface area contributed by atoms with Crippen molar-refractivity contribution >= 4 is 15.9 Å². The lowest BCUT2D eigenvalue weighted by Gasteiger charge is -2.19. The van der Waals surface area contributed by atoms with E-state index in [9.17, 15) is 0 Å². The normalized spacial score (nSPS) is 15.9. The Hall–Kier alpha value is -1.08. The predicted octanol–water partition coefficient (Wildman–Crippen LogP) is 5.36. The zero-order valence-electron chi connectivity index (χ0n) is 11.3. The topological polar surface area (TPSA) is 0 Å². The van der Waals surface area contributed by atoms with Gasteiger partial charge < -0.3 is 0 Å². The van der Waals surface area contributed by atoms with Gasteiger partial charge in [0.2, 0.25) is 0 Å². The molecule has 0 radical (unpaired) electrons. The third kappa shape index (κ3) is 2.76. The summed E-state index contributed by atoms with van der Waals surface area (Å²) in [5.74, 6) is 0. The van der Waals surface area contributed by atoms with E-state index in [1.807, 2.05) is 0 Å². The average Bonchev–Trinajstić information content (AvgIpc) is 2.46. The van der Waals surface area contributed by atoms with Crippen LogP contribution in [0, 0.1) is 6.92 Å². The largest absolute Gasteiger partial charge is 0.0786 e. The summed E-state index contributed by atoms with van der Waals surface area (Å²) in [6, 6.07) is 15.8. The van der Waals surface area contributed by atoms with Crippen molar-refractivity contribution in [2.24, 2.45) is 0 Å². The van der Waals surface area contributed by atoms with Gasteiger partial charge in [0, 0.05) is 0 Å². The minimum atomic E-state index is 0.305. The number of hydrogen-bond donors (Lipinski definition) is 0. The Labute approximate surface area is 124 Å². The maximum atomic E-state index is 3.86. The molecule has 0 nitrogen and oxygen atoms in total. The fourth-order valence-corrected chi connectivity index (χ4v) is 3.50. The maximum Gasteiger partial charge on any atom is 0.0644 e. The second-order valence-corrected chi connectivity index (χ2v) is 6.43. The molecule has 19 heavy (non-hydrogen) atoms. The molecule has 2 aromatic carbocycles. The van der Waals surface area contributed by atoms with Crippen molar-refractivity contribution in [2.45, 2.75) is 37.4 Å². The first-order chi connectivity index (χ1) is 9.24. The van der Waals surface area contributed by atoms with E-state index < -0.39 is 0 Å². The van der Waals surface area contributed by atoms with Gasteiger partial charge in [-0.2, -0.15) is 0 Å². The monoisotopic (exact) mass is 314 g/mol. The second kappa shape index (κ2) is 5.50. The molecule has 0 aromatic heterocycles. The Kier molecular flexibility index (Phi) is 3.74. The number of fused-ring (bicyclic) bond motifs is 1. The number of alkyl halides is 1. The maximum absolute atomic E-state index is 3.86. The molecule has 3 rings (SSSR count). The number of benzene rings is 2. The van der Waals surface area contributed by atoms with Gasteiger partial charge in [0.25, 0.3) is 0 Å². The summed E-state index contributed by atoms with van der Waals surface area (Å²) < 4.78 is 0. The summed E-state index contributed by atoms with van der Waals surface area (Å²) in [4.78, 5) is 0.305. The molecule has 1 atom stereocenters. The molecule has 0 spiro atoms. The van der Waals surface area contributed by atoms with E-state index in [2.05, 4.69) is 65.3 Å². The lowest BCUT2D eigenvalue weighted by Crippen LogP contribution is -2.04. The highest BCUT2D eigenvalue weighted by Crippen LogP contribution is 2.33. The number of hydrogen-bond acceptors (Lipinski definition) is 0. The van der Waals surface area contributed by atoms with E-state index >= 15 is 0 Å². The van der Waals surface area contributed by atoms with E-state index in [-0.39, 0.29) is 0 Å². The SMILES string of the molecule is Cc1cccc(C(Br)c2ccc3c(c2)CCCC3)c1. The predicted molar refractivity (Wildman–Crippen MR) is 85.0 cm³/mol. The van der Waals surface area contributed by atoms with Crippen molar-refractivity contribution in [1.82, 2.24) is 0 Å². The van der Waals surface area contributed by atoms with Gasteiger partial charge in [-0.1, -0.05) is 64.0 Å². The van der Waals surface area contributed by atoms with Gasteiger partial charge in [0.05, 0.1) is 4.83 Å². The zero-order valence-corrected chi connectivity index (χ0v) is 12.9. The van der Waals surface area contributed by atoms with Crippen LogP contribution in [0.1, 0.15) is 45.5 Å². The van der Waals surface area contributed by atoms with E-state index in [1.54, 1.807) is 11.1 Å². The van der Waals surface area contributed by atoms with Crippen molar-refractivity contribution < 1.29 is 0 Å². The molecular formula is C18H19Br. The molecule has 0 amide bonds. The van der Waals surface area contributed by atoms with Crippen LogP contribution in [0.15, 0.2) is 42.5 Å². The first-order valence-corrected chi connectivity index (χ1v) is 7.98. The smallest absolute Gasteiger partial charge is 0.0644 e. The molecule has 0 saturated carbocycles. The first-order valence-electron chi connectivity index (χ1n) is 7.06. The molecule has 0 heterocycles. The minimum Gasteiger partial charge on any atom is -0.0786 e. The van der Waals surface area contributed by atoms with Gasteiger partial charge in [-0.3, -0.25) is 0 Å². The van der Waals surface area contributed by atoms with E-state index in [4.69, 9.17) is 0 Å². The average molecular weight is 315 g/mol. The van der Waals surface area contributed by atoms with Gasteiger partial charge >= 0.3 is 0 Å². The lowest BCUT2D eigenvalue weighted by molar-refractivity contribution is 0.684. The highest BCUT2D eigenvalue weighted by atomic mass is 79.9. The third-order valence-electron chi connectivity index (χ3n) is 4.00. The molecule has 0 aliphatic heterocycles. The third-order valence-corrected chi connectivity index (χ3v) is 5.06. The van der Waals surface area contributed by atoms with Crippen LogP contribution in [0.4, 0.5) is 0 Å². The van der Waals surface area contributed by atoms with Crippen molar-refractivity contribution in [3.8, 4) is 0 Å². The Morgan fingerprint density at radius 3 is 2.42 bits per heavy atom. The van der Waals surface area contributed by atoms with Gasteiger partial charge in [0.1, 0.15) is 0 Å². The number of rotatable bonds is 2. The molecule has 1 aliphatic carbocycles. The van der Waals surface area contributed by atoms with Crippen molar-refractivity contribution in [3.63, 3.8) is 0 Å². The van der Waals surface area contributed by atoms with E-state index in [1.165, 1.54) is 42.4 Å². The van der Waals surface area contributed by atoms with Crippen molar-refractivity contribution in [3.05, 3.63) is 70.3 Å². The second-order valence-electron chi connectivity index (χ2n) is 5.51. The van der Waals surface area contributed by atoms with Crippen LogP contribution in [-0.4, -0.2) is 0 Å². The number of halogens is 1. The van der Waals surface area contributed by atoms with Gasteiger partial charge in [-0.25, -0.2) is 0 Å². The van der Waals surface area contributed by atoms with Gasteiger partial charge in [0.15, 0.2) is 0 Å². The zero-order chi connectivity index (χ0) is 13.2. The van der Waals surface area contributed by atoms with E-state index in [0.29, 0.717) is 4.83 Å². The van der Waals surface area contributed by atoms with Crippen LogP contribution in [0.25, 0.3) is 0 Å². The van der Waals surface area contributed by atoms with Gasteiger partial charge in [-0.15, -0.1) is 0 Å². The molecule has 0 bridgehead atoms. The summed E-state index contributed by atoms with van der Waals surface area (Å²) in [6.45, 7) is 2.15. The molecule has 0 fully saturated rings. The highest BCUT2D eigenvalue weighted by molar-refractivity contribution is 9.09. The summed E-state index contributed by atoms with van der Waals surface area (Å²) in [7, 11) is 0. The standard InChI is InChI=1S/C18H19Br/c1-13-5-4-8-16(11-13)18(19)17-10-9-14-6-2-3-7-15(14)12-17/h4-5,8-12,18H,2-3,6-7H2,1H3. The van der Waals surface area contributed by atoms with Crippen molar-refractivity contribution in [2.75, 3.05) is 0 Å². The van der Waals surface area contributed by atoms with Crippen LogP contribution in [0.5, 0.6) is 0 Å². The van der Waals surface area contributed by atoms with Crippen LogP contribution >= 0.6 is 15.9 Å². The Balaban J connectivity index is 1.93. The molecule has 98 valence electrons. The molecular weight excluding hydrogens is 296 g/mol. The fraction of sp³-hybridized carbons (Fsp3) is 0.333. The Morgan fingerprint density at radius 1 is 0.895 bits per heavy atom. The molecule has 1 heteroatoms. The Bertz CT molecular complexity index is 586. The molecule has 0 saturated heterocycles. The minimum absolute atomic E-state index is 0.305.